The standard InChI is InChI=1S/C22H27NO6/c1-12-8-15(14-4-3-5-16(9-14)21(28)23-2)7-6-13(12)10-18(25)22(29)17(11-24)19(26)20(22)27/h3-9,17-20,24-27,29H,10-11H2,1-2H3,(H,23,28). The van der Waals surface area contributed by atoms with Crippen LogP contribution in [0.3, 0.4) is 0 Å². The van der Waals surface area contributed by atoms with Gasteiger partial charge in [-0.25, -0.2) is 0 Å². The fourth-order valence-electron chi connectivity index (χ4n) is 4.03. The Kier molecular flexibility index (Phi) is 6.07. The summed E-state index contributed by atoms with van der Waals surface area (Å²) in [6.07, 6.45) is -4.07. The van der Waals surface area contributed by atoms with Crippen LogP contribution in [-0.4, -0.2) is 69.0 Å². The molecule has 1 aliphatic carbocycles. The van der Waals surface area contributed by atoms with Crippen LogP contribution < -0.4 is 5.32 Å². The highest BCUT2D eigenvalue weighted by atomic mass is 16.4. The highest BCUT2D eigenvalue weighted by Crippen LogP contribution is 2.42. The van der Waals surface area contributed by atoms with Gasteiger partial charge in [0.05, 0.1) is 18.8 Å². The number of hydrogen-bond donors (Lipinski definition) is 6. The van der Waals surface area contributed by atoms with Crippen molar-refractivity contribution >= 4 is 5.91 Å². The van der Waals surface area contributed by atoms with Crippen LogP contribution in [0.4, 0.5) is 0 Å². The van der Waals surface area contributed by atoms with E-state index in [1.807, 2.05) is 31.2 Å². The molecule has 0 aliphatic heterocycles. The van der Waals surface area contributed by atoms with Crippen LogP contribution in [0, 0.1) is 12.8 Å². The molecular formula is C22H27NO6. The highest BCUT2D eigenvalue weighted by molar-refractivity contribution is 5.95. The summed E-state index contributed by atoms with van der Waals surface area (Å²) in [7, 11) is 1.58. The maximum absolute atomic E-state index is 11.8. The van der Waals surface area contributed by atoms with E-state index in [-0.39, 0.29) is 12.3 Å². The zero-order valence-corrected chi connectivity index (χ0v) is 16.4. The first-order valence-corrected chi connectivity index (χ1v) is 9.53. The second-order valence-corrected chi connectivity index (χ2v) is 7.63. The molecule has 2 aromatic carbocycles. The molecule has 0 radical (unpaired) electrons. The summed E-state index contributed by atoms with van der Waals surface area (Å²) in [5.74, 6) is -1.17. The number of carbonyl (C=O) groups is 1. The number of aryl methyl sites for hydroxylation is 1. The molecule has 3 rings (SSSR count). The lowest BCUT2D eigenvalue weighted by Crippen LogP contribution is -2.75. The van der Waals surface area contributed by atoms with Gasteiger partial charge in [-0.1, -0.05) is 30.3 Å². The third-order valence-electron chi connectivity index (χ3n) is 5.98. The van der Waals surface area contributed by atoms with Gasteiger partial charge in [0.1, 0.15) is 11.7 Å². The van der Waals surface area contributed by atoms with Gasteiger partial charge in [-0.15, -0.1) is 0 Å². The topological polar surface area (TPSA) is 130 Å². The molecular weight excluding hydrogens is 374 g/mol. The van der Waals surface area contributed by atoms with E-state index in [1.165, 1.54) is 0 Å². The Morgan fingerprint density at radius 1 is 1.17 bits per heavy atom. The lowest BCUT2D eigenvalue weighted by Gasteiger charge is -2.55. The molecule has 1 saturated carbocycles. The second-order valence-electron chi connectivity index (χ2n) is 7.63. The van der Waals surface area contributed by atoms with Gasteiger partial charge >= 0.3 is 0 Å². The summed E-state index contributed by atoms with van der Waals surface area (Å²) in [5.41, 5.74) is 2.00. The predicted molar refractivity (Wildman–Crippen MR) is 107 cm³/mol. The quantitative estimate of drug-likeness (QED) is 0.404. The van der Waals surface area contributed by atoms with Crippen molar-refractivity contribution in [3.05, 3.63) is 59.2 Å². The number of hydrogen-bond acceptors (Lipinski definition) is 6. The van der Waals surface area contributed by atoms with Crippen molar-refractivity contribution in [2.24, 2.45) is 5.92 Å². The average molecular weight is 401 g/mol. The Bertz CT molecular complexity index is 901. The fraction of sp³-hybridized carbons (Fsp3) is 0.409. The maximum atomic E-state index is 11.8. The molecule has 1 amide bonds. The van der Waals surface area contributed by atoms with E-state index in [1.54, 1.807) is 25.2 Å². The zero-order valence-electron chi connectivity index (χ0n) is 16.4. The van der Waals surface area contributed by atoms with E-state index < -0.39 is 36.4 Å². The van der Waals surface area contributed by atoms with Crippen LogP contribution in [0.1, 0.15) is 21.5 Å². The lowest BCUT2D eigenvalue weighted by atomic mass is 9.61. The number of carbonyl (C=O) groups excluding carboxylic acids is 1. The number of aliphatic hydroxyl groups excluding tert-OH is 4. The summed E-state index contributed by atoms with van der Waals surface area (Å²) in [6, 6.07) is 12.8. The van der Waals surface area contributed by atoms with Crippen molar-refractivity contribution in [3.63, 3.8) is 0 Å². The van der Waals surface area contributed by atoms with Crippen LogP contribution in [-0.2, 0) is 6.42 Å². The number of benzene rings is 2. The van der Waals surface area contributed by atoms with Crippen molar-refractivity contribution in [2.75, 3.05) is 13.7 Å². The third kappa shape index (κ3) is 3.68. The average Bonchev–Trinajstić information content (AvgIpc) is 2.74. The van der Waals surface area contributed by atoms with Crippen molar-refractivity contribution in [1.29, 1.82) is 0 Å². The first kappa shape index (κ1) is 21.4. The lowest BCUT2D eigenvalue weighted by molar-refractivity contribution is -0.300. The van der Waals surface area contributed by atoms with E-state index >= 15 is 0 Å². The Morgan fingerprint density at radius 3 is 2.48 bits per heavy atom. The molecule has 29 heavy (non-hydrogen) atoms. The Hall–Kier alpha value is -2.29. The molecule has 0 bridgehead atoms. The summed E-state index contributed by atoms with van der Waals surface area (Å²) in [4.78, 5) is 11.8. The van der Waals surface area contributed by atoms with Crippen molar-refractivity contribution < 1.29 is 30.3 Å². The van der Waals surface area contributed by atoms with Gasteiger partial charge in [-0.2, -0.15) is 0 Å². The molecule has 0 spiro atoms. The minimum Gasteiger partial charge on any atom is -0.396 e. The van der Waals surface area contributed by atoms with Crippen LogP contribution in [0.2, 0.25) is 0 Å². The predicted octanol–water partition coefficient (Wildman–Crippen LogP) is 0.0000200. The SMILES string of the molecule is CNC(=O)c1cccc(-c2ccc(CC(O)C3(O)C(O)C(O)C3CO)c(C)c2)c1. The van der Waals surface area contributed by atoms with Crippen LogP contribution in [0.15, 0.2) is 42.5 Å². The largest absolute Gasteiger partial charge is 0.396 e. The summed E-state index contributed by atoms with van der Waals surface area (Å²) < 4.78 is 0. The molecule has 0 heterocycles. The summed E-state index contributed by atoms with van der Waals surface area (Å²) in [6.45, 7) is 1.33. The Labute approximate surface area is 169 Å². The van der Waals surface area contributed by atoms with E-state index in [0.717, 1.165) is 22.3 Å². The molecule has 0 aromatic heterocycles. The van der Waals surface area contributed by atoms with E-state index in [4.69, 9.17) is 0 Å². The van der Waals surface area contributed by atoms with Gasteiger partial charge in [0.2, 0.25) is 0 Å². The van der Waals surface area contributed by atoms with Gasteiger partial charge in [-0.05, 0) is 41.3 Å². The minimum atomic E-state index is -1.96. The van der Waals surface area contributed by atoms with Crippen molar-refractivity contribution in [1.82, 2.24) is 5.32 Å². The molecule has 156 valence electrons. The molecule has 2 aromatic rings. The fourth-order valence-corrected chi connectivity index (χ4v) is 4.03. The molecule has 0 saturated heterocycles. The molecule has 5 atom stereocenters. The van der Waals surface area contributed by atoms with Gasteiger partial charge in [0.25, 0.3) is 5.91 Å². The van der Waals surface area contributed by atoms with Crippen molar-refractivity contribution in [3.8, 4) is 11.1 Å². The summed E-state index contributed by atoms with van der Waals surface area (Å²) in [5, 5.41) is 52.7. The van der Waals surface area contributed by atoms with Gasteiger partial charge < -0.3 is 30.8 Å². The van der Waals surface area contributed by atoms with Crippen LogP contribution >= 0.6 is 0 Å². The van der Waals surface area contributed by atoms with E-state index in [9.17, 15) is 30.3 Å². The van der Waals surface area contributed by atoms with Crippen LogP contribution in [0.5, 0.6) is 0 Å². The number of aliphatic hydroxyl groups is 5. The van der Waals surface area contributed by atoms with E-state index in [2.05, 4.69) is 5.32 Å². The minimum absolute atomic E-state index is 0.0567. The molecule has 1 fully saturated rings. The maximum Gasteiger partial charge on any atom is 0.251 e. The first-order valence-electron chi connectivity index (χ1n) is 9.53. The van der Waals surface area contributed by atoms with Gasteiger partial charge in [0.15, 0.2) is 0 Å². The molecule has 7 nitrogen and oxygen atoms in total. The van der Waals surface area contributed by atoms with Gasteiger partial charge in [-0.3, -0.25) is 4.79 Å². The van der Waals surface area contributed by atoms with Gasteiger partial charge in [0, 0.05) is 24.9 Å². The number of amides is 1. The second kappa shape index (κ2) is 8.22. The first-order chi connectivity index (χ1) is 13.7. The Balaban J connectivity index is 1.81. The molecule has 5 unspecified atom stereocenters. The number of rotatable bonds is 6. The highest BCUT2D eigenvalue weighted by Gasteiger charge is 2.63. The monoisotopic (exact) mass is 401 g/mol. The number of nitrogens with one attached hydrogen (secondary N) is 1. The summed E-state index contributed by atoms with van der Waals surface area (Å²) >= 11 is 0. The third-order valence-corrected chi connectivity index (χ3v) is 5.98. The molecule has 7 heteroatoms. The smallest absolute Gasteiger partial charge is 0.251 e. The molecule has 6 N–H and O–H groups in total. The normalized spacial score (nSPS) is 27.2. The van der Waals surface area contributed by atoms with Crippen molar-refractivity contribution in [2.45, 2.75) is 37.3 Å². The Morgan fingerprint density at radius 2 is 1.86 bits per heavy atom. The van der Waals surface area contributed by atoms with Crippen LogP contribution in [0.25, 0.3) is 11.1 Å². The van der Waals surface area contributed by atoms with E-state index in [0.29, 0.717) is 5.56 Å². The zero-order chi connectivity index (χ0) is 21.3. The molecule has 1 aliphatic rings.